The highest BCUT2D eigenvalue weighted by Gasteiger charge is 2.25. The zero-order valence-electron chi connectivity index (χ0n) is 13.2. The Morgan fingerprint density at radius 3 is 3.17 bits per heavy atom. The molecule has 0 aliphatic carbocycles. The molecule has 0 saturated carbocycles. The van der Waals surface area contributed by atoms with Gasteiger partial charge >= 0.3 is 0 Å². The third kappa shape index (κ3) is 4.08. The highest BCUT2D eigenvalue weighted by atomic mass is 16.5. The summed E-state index contributed by atoms with van der Waals surface area (Å²) in [5.74, 6) is 2.49. The Morgan fingerprint density at radius 2 is 2.39 bits per heavy atom. The van der Waals surface area contributed by atoms with E-state index in [1.165, 1.54) is 0 Å². The van der Waals surface area contributed by atoms with Crippen molar-refractivity contribution in [3.63, 3.8) is 0 Å². The summed E-state index contributed by atoms with van der Waals surface area (Å²) in [7, 11) is 0. The van der Waals surface area contributed by atoms with E-state index in [4.69, 9.17) is 14.5 Å². The van der Waals surface area contributed by atoms with Gasteiger partial charge in [-0.2, -0.15) is 10.2 Å². The molecular weight excluding hydrogens is 292 g/mol. The molecular formula is C17H20N4O2. The van der Waals surface area contributed by atoms with Crippen LogP contribution in [0.2, 0.25) is 0 Å². The Bertz CT molecular complexity index is 692. The van der Waals surface area contributed by atoms with Gasteiger partial charge in [-0.1, -0.05) is 11.2 Å². The molecule has 1 aliphatic rings. The van der Waals surface area contributed by atoms with Gasteiger partial charge in [-0.25, -0.2) is 0 Å². The van der Waals surface area contributed by atoms with Gasteiger partial charge in [0.05, 0.1) is 17.6 Å². The standard InChI is InChI=1S/C17H20N4O2/c1-13-19-17(23-20-13)15-5-3-7-21(12-15)8-9-22-16-6-2-4-14(10-16)11-18/h2,4,6,10,15H,3,5,7-9,12H2,1H3/t15-/m1/s1. The molecule has 6 nitrogen and oxygen atoms in total. The van der Waals surface area contributed by atoms with Crippen LogP contribution in [0.25, 0.3) is 0 Å². The SMILES string of the molecule is Cc1noc([C@@H]2CCCN(CCOc3cccc(C#N)c3)C2)n1. The number of aryl methyl sites for hydroxylation is 1. The van der Waals surface area contributed by atoms with Gasteiger partial charge in [0, 0.05) is 13.1 Å². The number of hydrogen-bond acceptors (Lipinski definition) is 6. The van der Waals surface area contributed by atoms with Gasteiger partial charge in [0.25, 0.3) is 0 Å². The van der Waals surface area contributed by atoms with Crippen LogP contribution >= 0.6 is 0 Å². The van der Waals surface area contributed by atoms with E-state index >= 15 is 0 Å². The van der Waals surface area contributed by atoms with Crippen LogP contribution < -0.4 is 4.74 Å². The van der Waals surface area contributed by atoms with E-state index in [1.807, 2.05) is 19.1 Å². The van der Waals surface area contributed by atoms with Gasteiger partial charge in [-0.15, -0.1) is 0 Å². The maximum atomic E-state index is 8.90. The highest BCUT2D eigenvalue weighted by molar-refractivity contribution is 5.36. The topological polar surface area (TPSA) is 75.2 Å². The van der Waals surface area contributed by atoms with E-state index < -0.39 is 0 Å². The van der Waals surface area contributed by atoms with Crippen molar-refractivity contribution in [3.05, 3.63) is 41.5 Å². The first-order valence-electron chi connectivity index (χ1n) is 7.90. The second-order valence-corrected chi connectivity index (χ2v) is 5.81. The van der Waals surface area contributed by atoms with Crippen molar-refractivity contribution in [1.82, 2.24) is 15.0 Å². The number of nitriles is 1. The van der Waals surface area contributed by atoms with Crippen LogP contribution in [0.15, 0.2) is 28.8 Å². The molecule has 0 unspecified atom stereocenters. The van der Waals surface area contributed by atoms with Crippen molar-refractivity contribution in [2.24, 2.45) is 0 Å². The third-order valence-corrected chi connectivity index (χ3v) is 4.04. The van der Waals surface area contributed by atoms with Crippen LogP contribution in [0.3, 0.4) is 0 Å². The lowest BCUT2D eigenvalue weighted by Crippen LogP contribution is -2.37. The number of ether oxygens (including phenoxy) is 1. The Balaban J connectivity index is 1.49. The van der Waals surface area contributed by atoms with E-state index in [9.17, 15) is 0 Å². The molecule has 1 saturated heterocycles. The lowest BCUT2D eigenvalue weighted by molar-refractivity contribution is 0.157. The first kappa shape index (κ1) is 15.5. The molecule has 1 aromatic heterocycles. The first-order chi connectivity index (χ1) is 11.2. The second-order valence-electron chi connectivity index (χ2n) is 5.81. The summed E-state index contributed by atoms with van der Waals surface area (Å²) in [5.41, 5.74) is 0.618. The Morgan fingerprint density at radius 1 is 1.48 bits per heavy atom. The van der Waals surface area contributed by atoms with Crippen LogP contribution in [0.5, 0.6) is 5.75 Å². The monoisotopic (exact) mass is 312 g/mol. The fourth-order valence-corrected chi connectivity index (χ4v) is 2.89. The quantitative estimate of drug-likeness (QED) is 0.844. The van der Waals surface area contributed by atoms with Crippen LogP contribution in [0.4, 0.5) is 0 Å². The van der Waals surface area contributed by atoms with Crippen LogP contribution in [-0.2, 0) is 0 Å². The molecule has 0 bridgehead atoms. The molecule has 1 atom stereocenters. The number of benzene rings is 1. The average molecular weight is 312 g/mol. The van der Waals surface area contributed by atoms with Crippen molar-refractivity contribution in [1.29, 1.82) is 5.26 Å². The predicted octanol–water partition coefficient (Wildman–Crippen LogP) is 2.51. The molecule has 23 heavy (non-hydrogen) atoms. The number of piperidine rings is 1. The minimum absolute atomic E-state index is 0.312. The molecule has 120 valence electrons. The number of hydrogen-bond donors (Lipinski definition) is 0. The zero-order chi connectivity index (χ0) is 16.1. The molecule has 1 aromatic carbocycles. The predicted molar refractivity (Wildman–Crippen MR) is 84.1 cm³/mol. The average Bonchev–Trinajstić information content (AvgIpc) is 3.02. The van der Waals surface area contributed by atoms with Gasteiger partial charge in [0.1, 0.15) is 12.4 Å². The van der Waals surface area contributed by atoms with E-state index in [0.717, 1.165) is 44.1 Å². The van der Waals surface area contributed by atoms with Crippen molar-refractivity contribution in [2.75, 3.05) is 26.2 Å². The van der Waals surface area contributed by atoms with E-state index in [-0.39, 0.29) is 0 Å². The number of likely N-dealkylation sites (tertiary alicyclic amines) is 1. The lowest BCUT2D eigenvalue weighted by Gasteiger charge is -2.30. The Hall–Kier alpha value is -2.39. The minimum Gasteiger partial charge on any atom is -0.492 e. The van der Waals surface area contributed by atoms with E-state index in [1.54, 1.807) is 12.1 Å². The van der Waals surface area contributed by atoms with Gasteiger partial charge in [0.15, 0.2) is 5.82 Å². The van der Waals surface area contributed by atoms with Crippen molar-refractivity contribution >= 4 is 0 Å². The molecule has 0 amide bonds. The summed E-state index contributed by atoms with van der Waals surface area (Å²) < 4.78 is 11.1. The van der Waals surface area contributed by atoms with Crippen LogP contribution in [0.1, 0.15) is 36.0 Å². The third-order valence-electron chi connectivity index (χ3n) is 4.04. The zero-order valence-corrected chi connectivity index (χ0v) is 13.2. The smallest absolute Gasteiger partial charge is 0.231 e. The summed E-state index contributed by atoms with van der Waals surface area (Å²) >= 11 is 0. The summed E-state index contributed by atoms with van der Waals surface area (Å²) in [6.45, 7) is 5.27. The minimum atomic E-state index is 0.312. The van der Waals surface area contributed by atoms with Crippen LogP contribution in [0, 0.1) is 18.3 Å². The van der Waals surface area contributed by atoms with Crippen molar-refractivity contribution < 1.29 is 9.26 Å². The Kier molecular flexibility index (Phi) is 4.89. The number of aromatic nitrogens is 2. The largest absolute Gasteiger partial charge is 0.492 e. The maximum absolute atomic E-state index is 8.90. The second kappa shape index (κ2) is 7.25. The molecule has 0 spiro atoms. The van der Waals surface area contributed by atoms with Gasteiger partial charge in [-0.3, -0.25) is 4.90 Å². The summed E-state index contributed by atoms with van der Waals surface area (Å²) in [6.07, 6.45) is 2.21. The maximum Gasteiger partial charge on any atom is 0.231 e. The molecule has 3 rings (SSSR count). The van der Waals surface area contributed by atoms with Crippen molar-refractivity contribution in [2.45, 2.75) is 25.7 Å². The first-order valence-corrected chi connectivity index (χ1v) is 7.90. The Labute approximate surface area is 135 Å². The summed E-state index contributed by atoms with van der Waals surface area (Å²) in [4.78, 5) is 6.71. The normalized spacial score (nSPS) is 18.5. The fourth-order valence-electron chi connectivity index (χ4n) is 2.89. The highest BCUT2D eigenvalue weighted by Crippen LogP contribution is 2.25. The lowest BCUT2D eigenvalue weighted by atomic mass is 9.98. The van der Waals surface area contributed by atoms with E-state index in [0.29, 0.717) is 23.9 Å². The fraction of sp³-hybridized carbons (Fsp3) is 0.471. The molecule has 6 heteroatoms. The number of rotatable bonds is 5. The summed E-state index contributed by atoms with van der Waals surface area (Å²) in [6, 6.07) is 9.37. The van der Waals surface area contributed by atoms with Crippen molar-refractivity contribution in [3.8, 4) is 11.8 Å². The molecule has 2 aromatic rings. The molecule has 2 heterocycles. The molecule has 0 radical (unpaired) electrons. The van der Waals surface area contributed by atoms with E-state index in [2.05, 4.69) is 21.1 Å². The summed E-state index contributed by atoms with van der Waals surface area (Å²) in [5, 5.41) is 12.8. The molecule has 0 N–H and O–H groups in total. The van der Waals surface area contributed by atoms with Gasteiger partial charge < -0.3 is 9.26 Å². The molecule has 1 aliphatic heterocycles. The van der Waals surface area contributed by atoms with Gasteiger partial charge in [-0.05, 0) is 44.5 Å². The van der Waals surface area contributed by atoms with Crippen LogP contribution in [-0.4, -0.2) is 41.3 Å². The molecule has 1 fully saturated rings. The number of nitrogens with zero attached hydrogens (tertiary/aromatic N) is 4. The van der Waals surface area contributed by atoms with Gasteiger partial charge in [0.2, 0.25) is 5.89 Å².